The Kier molecular flexibility index (Phi) is 3.81. The van der Waals surface area contributed by atoms with Crippen LogP contribution in [0.15, 0.2) is 30.3 Å². The average molecular weight is 295 g/mol. The molecule has 2 fully saturated rings. The van der Waals surface area contributed by atoms with Gasteiger partial charge in [0.25, 0.3) is 0 Å². The number of ether oxygens (including phenoxy) is 2. The third kappa shape index (κ3) is 2.49. The van der Waals surface area contributed by atoms with E-state index in [0.29, 0.717) is 0 Å². The second kappa shape index (κ2) is 5.61. The number of hydrogen-bond acceptors (Lipinski definition) is 6. The second-order valence-electron chi connectivity index (χ2n) is 5.21. The minimum absolute atomic E-state index is 0.0559. The standard InChI is InChI=1S/C14H17NO6/c16-10-9-7-20-13(12(18)11(10)17)15(9)14(19)21-6-8-4-2-1-3-5-8/h1-5,9-13,16-18H,6-7H2/t9-,10+,11-,12+,13+/m0/s1. The summed E-state index contributed by atoms with van der Waals surface area (Å²) in [7, 11) is 0. The summed E-state index contributed by atoms with van der Waals surface area (Å²) in [4.78, 5) is 13.3. The van der Waals surface area contributed by atoms with Crippen molar-refractivity contribution in [1.29, 1.82) is 0 Å². The summed E-state index contributed by atoms with van der Waals surface area (Å²) < 4.78 is 10.5. The molecule has 2 aliphatic rings. The first kappa shape index (κ1) is 14.3. The number of rotatable bonds is 2. The first-order valence-corrected chi connectivity index (χ1v) is 6.74. The van der Waals surface area contributed by atoms with Crippen LogP contribution in [0.5, 0.6) is 0 Å². The van der Waals surface area contributed by atoms with Gasteiger partial charge >= 0.3 is 6.09 Å². The fourth-order valence-corrected chi connectivity index (χ4v) is 2.70. The summed E-state index contributed by atoms with van der Waals surface area (Å²) in [6.07, 6.45) is -5.63. The van der Waals surface area contributed by atoms with E-state index in [1.165, 1.54) is 0 Å². The van der Waals surface area contributed by atoms with E-state index in [1.54, 1.807) is 0 Å². The fourth-order valence-electron chi connectivity index (χ4n) is 2.70. The fraction of sp³-hybridized carbons (Fsp3) is 0.500. The van der Waals surface area contributed by atoms with Crippen molar-refractivity contribution in [3.63, 3.8) is 0 Å². The topological polar surface area (TPSA) is 99.5 Å². The van der Waals surface area contributed by atoms with Gasteiger partial charge in [0, 0.05) is 0 Å². The molecule has 114 valence electrons. The van der Waals surface area contributed by atoms with Crippen molar-refractivity contribution < 1.29 is 29.6 Å². The lowest BCUT2D eigenvalue weighted by atomic mass is 9.95. The van der Waals surface area contributed by atoms with E-state index in [0.717, 1.165) is 10.5 Å². The minimum Gasteiger partial charge on any atom is -0.444 e. The Morgan fingerprint density at radius 2 is 1.90 bits per heavy atom. The number of carbonyl (C=O) groups is 1. The normalized spacial score (nSPS) is 34.8. The van der Waals surface area contributed by atoms with Crippen LogP contribution in [0.3, 0.4) is 0 Å². The van der Waals surface area contributed by atoms with Crippen molar-refractivity contribution in [2.24, 2.45) is 0 Å². The van der Waals surface area contributed by atoms with Crippen LogP contribution >= 0.6 is 0 Å². The summed E-state index contributed by atoms with van der Waals surface area (Å²) in [5, 5.41) is 29.4. The Balaban J connectivity index is 1.68. The lowest BCUT2D eigenvalue weighted by molar-refractivity contribution is -0.164. The van der Waals surface area contributed by atoms with Crippen molar-refractivity contribution in [1.82, 2.24) is 4.90 Å². The third-order valence-electron chi connectivity index (χ3n) is 3.87. The number of nitrogens with zero attached hydrogens (tertiary/aromatic N) is 1. The van der Waals surface area contributed by atoms with Crippen molar-refractivity contribution in [2.75, 3.05) is 6.61 Å². The lowest BCUT2D eigenvalue weighted by Crippen LogP contribution is -2.63. The predicted molar refractivity (Wildman–Crippen MR) is 70.0 cm³/mol. The van der Waals surface area contributed by atoms with Gasteiger partial charge in [-0.25, -0.2) is 4.79 Å². The number of aliphatic hydroxyl groups is 3. The molecule has 3 N–H and O–H groups in total. The molecule has 2 aliphatic heterocycles. The molecule has 7 heteroatoms. The van der Waals surface area contributed by atoms with E-state index in [1.807, 2.05) is 30.3 Å². The van der Waals surface area contributed by atoms with Gasteiger partial charge in [-0.15, -0.1) is 0 Å². The van der Waals surface area contributed by atoms with Crippen LogP contribution in [0.25, 0.3) is 0 Å². The zero-order chi connectivity index (χ0) is 15.0. The molecule has 5 atom stereocenters. The summed E-state index contributed by atoms with van der Waals surface area (Å²) in [5.74, 6) is 0. The number of fused-ring (bicyclic) bond motifs is 2. The molecule has 2 heterocycles. The monoisotopic (exact) mass is 295 g/mol. The number of hydrogen-bond donors (Lipinski definition) is 3. The zero-order valence-corrected chi connectivity index (χ0v) is 11.2. The number of aliphatic hydroxyl groups excluding tert-OH is 3. The van der Waals surface area contributed by atoms with E-state index in [-0.39, 0.29) is 13.2 Å². The molecular weight excluding hydrogens is 278 g/mol. The Hall–Kier alpha value is -1.67. The van der Waals surface area contributed by atoms with Crippen LogP contribution < -0.4 is 0 Å². The smallest absolute Gasteiger partial charge is 0.412 e. The molecule has 0 unspecified atom stereocenters. The Bertz CT molecular complexity index is 491. The van der Waals surface area contributed by atoms with Crippen LogP contribution in [0, 0.1) is 0 Å². The molecule has 1 aromatic carbocycles. The van der Waals surface area contributed by atoms with Crippen LogP contribution in [-0.4, -0.2) is 63.5 Å². The van der Waals surface area contributed by atoms with E-state index in [2.05, 4.69) is 0 Å². The van der Waals surface area contributed by atoms with Gasteiger partial charge in [0.05, 0.1) is 12.6 Å². The van der Waals surface area contributed by atoms with Gasteiger partial charge in [0.15, 0.2) is 6.23 Å². The summed E-state index contributed by atoms with van der Waals surface area (Å²) in [6, 6.07) is 8.46. The van der Waals surface area contributed by atoms with Crippen molar-refractivity contribution in [3.8, 4) is 0 Å². The zero-order valence-electron chi connectivity index (χ0n) is 11.2. The van der Waals surface area contributed by atoms with E-state index in [9.17, 15) is 20.1 Å². The van der Waals surface area contributed by atoms with Gasteiger partial charge in [0.1, 0.15) is 24.9 Å². The number of piperidine rings is 1. The van der Waals surface area contributed by atoms with Crippen molar-refractivity contribution in [3.05, 3.63) is 35.9 Å². The van der Waals surface area contributed by atoms with Crippen LogP contribution in [-0.2, 0) is 16.1 Å². The molecule has 7 nitrogen and oxygen atoms in total. The highest BCUT2D eigenvalue weighted by Gasteiger charge is 2.55. The van der Waals surface area contributed by atoms with Gasteiger partial charge in [0.2, 0.25) is 0 Å². The summed E-state index contributed by atoms with van der Waals surface area (Å²) >= 11 is 0. The van der Waals surface area contributed by atoms with Crippen LogP contribution in [0.4, 0.5) is 4.79 Å². The van der Waals surface area contributed by atoms with Crippen molar-refractivity contribution >= 4 is 6.09 Å². The molecule has 0 radical (unpaired) electrons. The quantitative estimate of drug-likeness (QED) is 0.677. The number of amides is 1. The number of benzene rings is 1. The van der Waals surface area contributed by atoms with Gasteiger partial charge in [-0.1, -0.05) is 30.3 Å². The first-order chi connectivity index (χ1) is 10.1. The van der Waals surface area contributed by atoms with Crippen LogP contribution in [0.2, 0.25) is 0 Å². The summed E-state index contributed by atoms with van der Waals surface area (Å²) in [5.41, 5.74) is 0.831. The van der Waals surface area contributed by atoms with E-state index in [4.69, 9.17) is 9.47 Å². The minimum atomic E-state index is -1.36. The largest absolute Gasteiger partial charge is 0.444 e. The molecule has 2 bridgehead atoms. The first-order valence-electron chi connectivity index (χ1n) is 6.74. The predicted octanol–water partition coefficient (Wildman–Crippen LogP) is -0.554. The Morgan fingerprint density at radius 1 is 1.19 bits per heavy atom. The molecule has 1 amide bonds. The number of carbonyl (C=O) groups excluding carboxylic acids is 1. The molecule has 21 heavy (non-hydrogen) atoms. The maximum absolute atomic E-state index is 12.1. The highest BCUT2D eigenvalue weighted by molar-refractivity contribution is 5.69. The molecule has 0 spiro atoms. The highest BCUT2D eigenvalue weighted by atomic mass is 16.6. The molecule has 1 aromatic rings. The third-order valence-corrected chi connectivity index (χ3v) is 3.87. The summed E-state index contributed by atoms with van der Waals surface area (Å²) in [6.45, 7) is 0.144. The molecule has 0 aromatic heterocycles. The van der Waals surface area contributed by atoms with Gasteiger partial charge in [-0.3, -0.25) is 4.90 Å². The van der Waals surface area contributed by atoms with Gasteiger partial charge in [-0.2, -0.15) is 0 Å². The van der Waals surface area contributed by atoms with Crippen molar-refractivity contribution in [2.45, 2.75) is 37.2 Å². The van der Waals surface area contributed by atoms with Gasteiger partial charge < -0.3 is 24.8 Å². The molecule has 2 saturated heterocycles. The lowest BCUT2D eigenvalue weighted by Gasteiger charge is -2.40. The Labute approximate surface area is 121 Å². The molecular formula is C14H17NO6. The molecule has 3 rings (SSSR count). The van der Waals surface area contributed by atoms with Crippen LogP contribution in [0.1, 0.15) is 5.56 Å². The van der Waals surface area contributed by atoms with E-state index >= 15 is 0 Å². The maximum atomic E-state index is 12.1. The van der Waals surface area contributed by atoms with Gasteiger partial charge in [-0.05, 0) is 5.56 Å². The highest BCUT2D eigenvalue weighted by Crippen LogP contribution is 2.32. The maximum Gasteiger partial charge on any atom is 0.412 e. The SMILES string of the molecule is O=C(OCc1ccccc1)N1[C@@H]2OC[C@H]1[C@@H](O)[C@H](O)[C@H]2O. The second-order valence-corrected chi connectivity index (χ2v) is 5.21. The average Bonchev–Trinajstić information content (AvgIpc) is 2.91. The molecule has 0 aliphatic carbocycles. The Morgan fingerprint density at radius 3 is 2.62 bits per heavy atom. The van der Waals surface area contributed by atoms with E-state index < -0.39 is 36.7 Å². The molecule has 0 saturated carbocycles.